The number of aliphatic carboxylic acids is 1. The number of H-pyrrole nitrogens is 1. The fraction of sp³-hybridized carbons (Fsp3) is 0.556. The minimum absolute atomic E-state index is 0.00481. The second-order valence-electron chi connectivity index (χ2n) is 3.22. The van der Waals surface area contributed by atoms with Crippen LogP contribution < -0.4 is 5.32 Å². The summed E-state index contributed by atoms with van der Waals surface area (Å²) in [5.74, 6) is -0.817. The second kappa shape index (κ2) is 4.76. The predicted molar refractivity (Wildman–Crippen MR) is 51.9 cm³/mol. The first-order valence-corrected chi connectivity index (χ1v) is 4.62. The summed E-state index contributed by atoms with van der Waals surface area (Å²) >= 11 is 0. The van der Waals surface area contributed by atoms with Crippen LogP contribution in [0, 0.1) is 0 Å². The van der Waals surface area contributed by atoms with Gasteiger partial charge in [-0.05, 0) is 13.3 Å². The van der Waals surface area contributed by atoms with Crippen molar-refractivity contribution in [3.8, 4) is 0 Å². The molecule has 2 unspecified atom stereocenters. The zero-order valence-electron chi connectivity index (χ0n) is 8.32. The van der Waals surface area contributed by atoms with Crippen molar-refractivity contribution in [2.24, 2.45) is 0 Å². The molecule has 0 aromatic carbocycles. The maximum Gasteiger partial charge on any atom is 0.320 e. The highest BCUT2D eigenvalue weighted by molar-refractivity contribution is 5.73. The van der Waals surface area contributed by atoms with Gasteiger partial charge in [0.2, 0.25) is 0 Å². The van der Waals surface area contributed by atoms with E-state index < -0.39 is 12.0 Å². The Hall–Kier alpha value is -1.36. The Morgan fingerprint density at radius 2 is 2.50 bits per heavy atom. The number of nitrogens with one attached hydrogen (secondary N) is 2. The maximum atomic E-state index is 10.7. The van der Waals surface area contributed by atoms with Gasteiger partial charge < -0.3 is 5.11 Å². The molecule has 0 aliphatic carbocycles. The number of carboxylic acids is 1. The molecule has 0 bridgehead atoms. The molecule has 78 valence electrons. The van der Waals surface area contributed by atoms with Gasteiger partial charge in [-0.2, -0.15) is 5.10 Å². The first-order chi connectivity index (χ1) is 6.65. The Morgan fingerprint density at radius 1 is 1.79 bits per heavy atom. The van der Waals surface area contributed by atoms with Crippen LogP contribution in [-0.2, 0) is 4.79 Å². The molecule has 0 saturated heterocycles. The normalized spacial score (nSPS) is 15.0. The third-order valence-electron chi connectivity index (χ3n) is 2.18. The Kier molecular flexibility index (Phi) is 3.64. The van der Waals surface area contributed by atoms with E-state index in [-0.39, 0.29) is 6.04 Å². The molecule has 5 nitrogen and oxygen atoms in total. The minimum Gasteiger partial charge on any atom is -0.480 e. The lowest BCUT2D eigenvalue weighted by atomic mass is 10.1. The molecule has 0 aliphatic heterocycles. The third-order valence-corrected chi connectivity index (χ3v) is 2.18. The molecule has 1 heterocycles. The first kappa shape index (κ1) is 10.7. The summed E-state index contributed by atoms with van der Waals surface area (Å²) in [6, 6.07) is -0.505. The number of nitrogens with zero attached hydrogens (tertiary/aromatic N) is 1. The van der Waals surface area contributed by atoms with Crippen molar-refractivity contribution in [3.63, 3.8) is 0 Å². The van der Waals surface area contributed by atoms with Gasteiger partial charge >= 0.3 is 5.97 Å². The molecule has 1 rings (SSSR count). The van der Waals surface area contributed by atoms with Crippen LogP contribution in [0.25, 0.3) is 0 Å². The molecule has 0 saturated carbocycles. The van der Waals surface area contributed by atoms with Gasteiger partial charge in [0, 0.05) is 17.8 Å². The predicted octanol–water partition coefficient (Wildman–Crippen LogP) is 0.923. The van der Waals surface area contributed by atoms with Crippen molar-refractivity contribution < 1.29 is 9.90 Å². The number of aromatic nitrogens is 2. The van der Waals surface area contributed by atoms with Gasteiger partial charge in [-0.3, -0.25) is 15.2 Å². The van der Waals surface area contributed by atoms with E-state index in [0.717, 1.165) is 5.56 Å². The van der Waals surface area contributed by atoms with Crippen LogP contribution in [0.15, 0.2) is 12.4 Å². The Balaban J connectivity index is 2.55. The van der Waals surface area contributed by atoms with Crippen LogP contribution in [0.4, 0.5) is 0 Å². The van der Waals surface area contributed by atoms with Crippen molar-refractivity contribution in [2.75, 3.05) is 0 Å². The molecule has 3 N–H and O–H groups in total. The zero-order valence-corrected chi connectivity index (χ0v) is 8.32. The van der Waals surface area contributed by atoms with Crippen LogP contribution in [0.2, 0.25) is 0 Å². The smallest absolute Gasteiger partial charge is 0.320 e. The van der Waals surface area contributed by atoms with Gasteiger partial charge in [-0.25, -0.2) is 0 Å². The number of rotatable bonds is 5. The summed E-state index contributed by atoms with van der Waals surface area (Å²) in [5, 5.41) is 18.3. The highest BCUT2D eigenvalue weighted by Gasteiger charge is 2.18. The van der Waals surface area contributed by atoms with Crippen LogP contribution in [0.1, 0.15) is 31.9 Å². The third kappa shape index (κ3) is 2.56. The molecule has 0 aliphatic rings. The van der Waals surface area contributed by atoms with Crippen molar-refractivity contribution in [1.82, 2.24) is 15.5 Å². The highest BCUT2D eigenvalue weighted by Crippen LogP contribution is 2.10. The molecular weight excluding hydrogens is 182 g/mol. The van der Waals surface area contributed by atoms with E-state index in [1.54, 1.807) is 12.4 Å². The van der Waals surface area contributed by atoms with E-state index in [1.807, 2.05) is 13.8 Å². The van der Waals surface area contributed by atoms with Gasteiger partial charge in [0.05, 0.1) is 6.20 Å². The van der Waals surface area contributed by atoms with E-state index in [2.05, 4.69) is 15.5 Å². The second-order valence-corrected chi connectivity index (χ2v) is 3.22. The van der Waals surface area contributed by atoms with E-state index in [1.165, 1.54) is 0 Å². The van der Waals surface area contributed by atoms with Gasteiger partial charge in [-0.15, -0.1) is 0 Å². The highest BCUT2D eigenvalue weighted by atomic mass is 16.4. The summed E-state index contributed by atoms with van der Waals surface area (Å²) in [7, 11) is 0. The molecule has 2 atom stereocenters. The minimum atomic E-state index is -0.817. The number of aromatic amines is 1. The molecule has 0 fully saturated rings. The van der Waals surface area contributed by atoms with E-state index in [0.29, 0.717) is 6.42 Å². The Morgan fingerprint density at radius 3 is 2.93 bits per heavy atom. The molecular formula is C9H15N3O2. The lowest BCUT2D eigenvalue weighted by molar-refractivity contribution is -0.139. The molecule has 0 amide bonds. The Labute approximate surface area is 82.5 Å². The largest absolute Gasteiger partial charge is 0.480 e. The lowest BCUT2D eigenvalue weighted by Crippen LogP contribution is -2.37. The average molecular weight is 197 g/mol. The number of carbonyl (C=O) groups is 1. The average Bonchev–Trinajstić information content (AvgIpc) is 2.65. The first-order valence-electron chi connectivity index (χ1n) is 4.62. The van der Waals surface area contributed by atoms with E-state index in [4.69, 9.17) is 5.11 Å². The van der Waals surface area contributed by atoms with Crippen molar-refractivity contribution >= 4 is 5.97 Å². The van der Waals surface area contributed by atoms with Gasteiger partial charge in [-0.1, -0.05) is 6.92 Å². The number of carboxylic acid groups (broad SMARTS) is 1. The molecule has 0 spiro atoms. The fourth-order valence-corrected chi connectivity index (χ4v) is 1.26. The Bertz CT molecular complexity index is 284. The summed E-state index contributed by atoms with van der Waals surface area (Å²) in [5.41, 5.74) is 0.963. The summed E-state index contributed by atoms with van der Waals surface area (Å²) < 4.78 is 0. The molecule has 1 aromatic rings. The number of hydrogen-bond acceptors (Lipinski definition) is 3. The monoisotopic (exact) mass is 197 g/mol. The SMILES string of the molecule is CCC(NC(C)c1cn[nH]c1)C(=O)O. The van der Waals surface area contributed by atoms with Crippen molar-refractivity contribution in [1.29, 1.82) is 0 Å². The van der Waals surface area contributed by atoms with Crippen LogP contribution in [0.3, 0.4) is 0 Å². The molecule has 1 aromatic heterocycles. The van der Waals surface area contributed by atoms with E-state index >= 15 is 0 Å². The lowest BCUT2D eigenvalue weighted by Gasteiger charge is -2.17. The topological polar surface area (TPSA) is 78.0 Å². The van der Waals surface area contributed by atoms with Crippen LogP contribution in [0.5, 0.6) is 0 Å². The standard InChI is InChI=1S/C9H15N3O2/c1-3-8(9(13)14)12-6(2)7-4-10-11-5-7/h4-6,8,12H,3H2,1-2H3,(H,10,11)(H,13,14). The van der Waals surface area contributed by atoms with Crippen molar-refractivity contribution in [2.45, 2.75) is 32.4 Å². The molecule has 5 heteroatoms. The quantitative estimate of drug-likeness (QED) is 0.656. The molecule has 14 heavy (non-hydrogen) atoms. The van der Waals surface area contributed by atoms with Crippen LogP contribution in [-0.4, -0.2) is 27.3 Å². The molecule has 0 radical (unpaired) electrons. The van der Waals surface area contributed by atoms with E-state index in [9.17, 15) is 4.79 Å². The summed E-state index contributed by atoms with van der Waals surface area (Å²) in [6.45, 7) is 3.75. The van der Waals surface area contributed by atoms with Gasteiger partial charge in [0.25, 0.3) is 0 Å². The van der Waals surface area contributed by atoms with Crippen molar-refractivity contribution in [3.05, 3.63) is 18.0 Å². The summed E-state index contributed by atoms with van der Waals surface area (Å²) in [4.78, 5) is 10.7. The van der Waals surface area contributed by atoms with Crippen LogP contribution >= 0.6 is 0 Å². The maximum absolute atomic E-state index is 10.7. The fourth-order valence-electron chi connectivity index (χ4n) is 1.26. The van der Waals surface area contributed by atoms with Gasteiger partial charge in [0.1, 0.15) is 6.04 Å². The zero-order chi connectivity index (χ0) is 10.6. The number of hydrogen-bond donors (Lipinski definition) is 3. The van der Waals surface area contributed by atoms with Gasteiger partial charge in [0.15, 0.2) is 0 Å². The summed E-state index contributed by atoms with van der Waals surface area (Å²) in [6.07, 6.45) is 4.01.